The van der Waals surface area contributed by atoms with E-state index in [0.29, 0.717) is 6.42 Å². The lowest BCUT2D eigenvalue weighted by molar-refractivity contribution is 0.131. The van der Waals surface area contributed by atoms with Crippen LogP contribution >= 0.6 is 0 Å². The quantitative estimate of drug-likeness (QED) is 0.615. The summed E-state index contributed by atoms with van der Waals surface area (Å²) in [6.07, 6.45) is 5.86. The molecule has 0 spiro atoms. The zero-order valence-corrected chi connectivity index (χ0v) is 12.5. The SMILES string of the molecule is CCCC1CCN(C(CC(=N)N)c2ccccc2)CC1. The van der Waals surface area contributed by atoms with Crippen LogP contribution in [0.25, 0.3) is 0 Å². The van der Waals surface area contributed by atoms with Crippen LogP contribution in [-0.4, -0.2) is 23.8 Å². The van der Waals surface area contributed by atoms with Gasteiger partial charge in [-0.1, -0.05) is 50.1 Å². The predicted molar refractivity (Wildman–Crippen MR) is 84.9 cm³/mol. The Morgan fingerprint density at radius 1 is 1.30 bits per heavy atom. The minimum Gasteiger partial charge on any atom is -0.388 e. The Morgan fingerprint density at radius 2 is 1.95 bits per heavy atom. The van der Waals surface area contributed by atoms with E-state index in [4.69, 9.17) is 11.1 Å². The molecule has 1 aliphatic rings. The van der Waals surface area contributed by atoms with Crippen LogP contribution in [0.1, 0.15) is 50.6 Å². The Bertz CT molecular complexity index is 408. The lowest BCUT2D eigenvalue weighted by Crippen LogP contribution is -2.38. The second kappa shape index (κ2) is 7.44. The van der Waals surface area contributed by atoms with Crippen LogP contribution in [0.15, 0.2) is 30.3 Å². The lowest BCUT2D eigenvalue weighted by Gasteiger charge is -2.37. The fourth-order valence-corrected chi connectivity index (χ4v) is 3.30. The highest BCUT2D eigenvalue weighted by Crippen LogP contribution is 2.30. The van der Waals surface area contributed by atoms with Gasteiger partial charge in [-0.2, -0.15) is 0 Å². The number of hydrogen-bond donors (Lipinski definition) is 2. The molecule has 1 aromatic rings. The average molecular weight is 273 g/mol. The van der Waals surface area contributed by atoms with Crippen LogP contribution in [-0.2, 0) is 0 Å². The number of rotatable bonds is 6. The highest BCUT2D eigenvalue weighted by Gasteiger charge is 2.26. The van der Waals surface area contributed by atoms with E-state index in [1.54, 1.807) is 0 Å². The van der Waals surface area contributed by atoms with Crippen molar-refractivity contribution in [1.82, 2.24) is 4.90 Å². The molecule has 0 aliphatic carbocycles. The number of amidine groups is 1. The first-order valence-corrected chi connectivity index (χ1v) is 7.82. The van der Waals surface area contributed by atoms with Gasteiger partial charge in [-0.25, -0.2) is 0 Å². The third-order valence-corrected chi connectivity index (χ3v) is 4.38. The number of likely N-dealkylation sites (tertiary alicyclic amines) is 1. The monoisotopic (exact) mass is 273 g/mol. The minimum absolute atomic E-state index is 0.274. The number of piperidine rings is 1. The third-order valence-electron chi connectivity index (χ3n) is 4.38. The molecule has 1 unspecified atom stereocenters. The molecule has 0 saturated carbocycles. The van der Waals surface area contributed by atoms with Gasteiger partial charge < -0.3 is 5.73 Å². The van der Waals surface area contributed by atoms with E-state index >= 15 is 0 Å². The first-order chi connectivity index (χ1) is 9.70. The molecule has 0 aromatic heterocycles. The number of nitrogens with two attached hydrogens (primary N) is 1. The van der Waals surface area contributed by atoms with Gasteiger partial charge in [0.05, 0.1) is 5.84 Å². The van der Waals surface area contributed by atoms with Gasteiger partial charge in [0.15, 0.2) is 0 Å². The Hall–Kier alpha value is -1.35. The first kappa shape index (κ1) is 15.0. The molecule has 0 amide bonds. The van der Waals surface area contributed by atoms with Crippen molar-refractivity contribution in [2.75, 3.05) is 13.1 Å². The molecule has 3 nitrogen and oxygen atoms in total. The molecule has 1 saturated heterocycles. The Kier molecular flexibility index (Phi) is 5.60. The molecule has 0 radical (unpaired) electrons. The Labute approximate surface area is 122 Å². The van der Waals surface area contributed by atoms with Gasteiger partial charge in [-0.05, 0) is 37.4 Å². The van der Waals surface area contributed by atoms with Crippen molar-refractivity contribution >= 4 is 5.84 Å². The largest absolute Gasteiger partial charge is 0.388 e. The summed E-state index contributed by atoms with van der Waals surface area (Å²) in [5, 5.41) is 7.65. The van der Waals surface area contributed by atoms with Gasteiger partial charge in [0.2, 0.25) is 0 Å². The fourth-order valence-electron chi connectivity index (χ4n) is 3.30. The molecular weight excluding hydrogens is 246 g/mol. The molecular formula is C17H27N3. The van der Waals surface area contributed by atoms with E-state index in [1.807, 2.05) is 6.07 Å². The molecule has 2 rings (SSSR count). The lowest BCUT2D eigenvalue weighted by atomic mass is 9.90. The van der Waals surface area contributed by atoms with Crippen molar-refractivity contribution in [3.8, 4) is 0 Å². The summed E-state index contributed by atoms with van der Waals surface area (Å²) in [5.74, 6) is 1.18. The van der Waals surface area contributed by atoms with E-state index in [1.165, 1.54) is 31.2 Å². The summed E-state index contributed by atoms with van der Waals surface area (Å²) >= 11 is 0. The summed E-state index contributed by atoms with van der Waals surface area (Å²) in [5.41, 5.74) is 6.96. The van der Waals surface area contributed by atoms with Crippen LogP contribution in [0.5, 0.6) is 0 Å². The third kappa shape index (κ3) is 4.07. The fraction of sp³-hybridized carbons (Fsp3) is 0.588. The Morgan fingerprint density at radius 3 is 2.50 bits per heavy atom. The summed E-state index contributed by atoms with van der Waals surface area (Å²) in [4.78, 5) is 2.52. The highest BCUT2D eigenvalue weighted by molar-refractivity contribution is 5.77. The van der Waals surface area contributed by atoms with Crippen LogP contribution in [0.4, 0.5) is 0 Å². The second-order valence-corrected chi connectivity index (χ2v) is 5.92. The van der Waals surface area contributed by atoms with Gasteiger partial charge in [0.1, 0.15) is 0 Å². The van der Waals surface area contributed by atoms with Crippen molar-refractivity contribution in [2.24, 2.45) is 11.7 Å². The van der Waals surface area contributed by atoms with Crippen LogP contribution in [0.2, 0.25) is 0 Å². The first-order valence-electron chi connectivity index (χ1n) is 7.82. The summed E-state index contributed by atoms with van der Waals surface area (Å²) in [7, 11) is 0. The van der Waals surface area contributed by atoms with Gasteiger partial charge in [0, 0.05) is 12.5 Å². The van der Waals surface area contributed by atoms with Crippen LogP contribution in [0.3, 0.4) is 0 Å². The van der Waals surface area contributed by atoms with Gasteiger partial charge in [-0.15, -0.1) is 0 Å². The minimum atomic E-state index is 0.274. The maximum absolute atomic E-state index is 7.65. The average Bonchev–Trinajstić information content (AvgIpc) is 2.47. The maximum Gasteiger partial charge on any atom is 0.0924 e. The van der Waals surface area contributed by atoms with Gasteiger partial charge >= 0.3 is 0 Å². The van der Waals surface area contributed by atoms with Crippen molar-refractivity contribution in [1.29, 1.82) is 5.41 Å². The van der Waals surface area contributed by atoms with Gasteiger partial charge in [0.25, 0.3) is 0 Å². The molecule has 0 bridgehead atoms. The highest BCUT2D eigenvalue weighted by atomic mass is 15.2. The standard InChI is InChI=1S/C17H27N3/c1-2-6-14-9-11-20(12-10-14)16(13-17(18)19)15-7-4-3-5-8-15/h3-5,7-8,14,16H,2,6,9-13H2,1H3,(H3,18,19). The molecule has 1 aliphatic heterocycles. The second-order valence-electron chi connectivity index (χ2n) is 5.92. The number of nitrogens with zero attached hydrogens (tertiary/aromatic N) is 1. The number of nitrogens with one attached hydrogen (secondary N) is 1. The number of benzene rings is 1. The maximum atomic E-state index is 7.65. The van der Waals surface area contributed by atoms with E-state index in [-0.39, 0.29) is 11.9 Å². The summed E-state index contributed by atoms with van der Waals surface area (Å²) in [6, 6.07) is 10.8. The molecule has 3 heteroatoms. The van der Waals surface area contributed by atoms with Crippen LogP contribution in [0, 0.1) is 11.3 Å². The normalized spacial score (nSPS) is 18.9. The van der Waals surface area contributed by atoms with E-state index in [0.717, 1.165) is 19.0 Å². The molecule has 20 heavy (non-hydrogen) atoms. The van der Waals surface area contributed by atoms with Gasteiger partial charge in [-0.3, -0.25) is 10.3 Å². The Balaban J connectivity index is 2.03. The van der Waals surface area contributed by atoms with E-state index in [2.05, 4.69) is 36.1 Å². The topological polar surface area (TPSA) is 53.1 Å². The summed E-state index contributed by atoms with van der Waals surface area (Å²) < 4.78 is 0. The van der Waals surface area contributed by atoms with E-state index < -0.39 is 0 Å². The molecule has 1 atom stereocenters. The zero-order chi connectivity index (χ0) is 14.4. The van der Waals surface area contributed by atoms with Crippen molar-refractivity contribution < 1.29 is 0 Å². The zero-order valence-electron chi connectivity index (χ0n) is 12.5. The predicted octanol–water partition coefficient (Wildman–Crippen LogP) is 3.57. The molecule has 1 fully saturated rings. The molecule has 110 valence electrons. The molecule has 1 aromatic carbocycles. The number of hydrogen-bond acceptors (Lipinski definition) is 2. The van der Waals surface area contributed by atoms with Crippen molar-refractivity contribution in [3.05, 3.63) is 35.9 Å². The smallest absolute Gasteiger partial charge is 0.0924 e. The van der Waals surface area contributed by atoms with E-state index in [9.17, 15) is 0 Å². The van der Waals surface area contributed by atoms with Crippen LogP contribution < -0.4 is 5.73 Å². The molecule has 1 heterocycles. The van der Waals surface area contributed by atoms with Crippen molar-refractivity contribution in [3.63, 3.8) is 0 Å². The molecule has 3 N–H and O–H groups in total. The van der Waals surface area contributed by atoms with Crippen molar-refractivity contribution in [2.45, 2.75) is 45.1 Å². The summed E-state index contributed by atoms with van der Waals surface area (Å²) in [6.45, 7) is 4.55.